The first-order valence-electron chi connectivity index (χ1n) is 7.67. The molecule has 1 saturated carbocycles. The molecule has 0 aromatic carbocycles. The summed E-state index contributed by atoms with van der Waals surface area (Å²) < 4.78 is 0. The topological polar surface area (TPSA) is 54.0 Å². The molecule has 5 heteroatoms. The van der Waals surface area contributed by atoms with Crippen LogP contribution >= 0.6 is 11.3 Å². The molecule has 20 heavy (non-hydrogen) atoms. The molecule has 3 rings (SSSR count). The van der Waals surface area contributed by atoms with Crippen LogP contribution in [0.5, 0.6) is 0 Å². The van der Waals surface area contributed by atoms with Gasteiger partial charge in [-0.25, -0.2) is 4.98 Å². The zero-order valence-corrected chi connectivity index (χ0v) is 12.9. The van der Waals surface area contributed by atoms with Crippen LogP contribution in [0.1, 0.15) is 43.3 Å². The largest absolute Gasteiger partial charge is 0.350 e. The quantitative estimate of drug-likeness (QED) is 0.894. The minimum atomic E-state index is -0.151. The molecule has 1 amide bonds. The number of rotatable bonds is 4. The number of thiazole rings is 1. The summed E-state index contributed by atoms with van der Waals surface area (Å²) in [5, 5.41) is 9.76. The highest BCUT2D eigenvalue weighted by Crippen LogP contribution is 2.43. The summed E-state index contributed by atoms with van der Waals surface area (Å²) in [4.78, 5) is 17.2. The van der Waals surface area contributed by atoms with Crippen molar-refractivity contribution >= 4 is 17.2 Å². The average Bonchev–Trinajstić information content (AvgIpc) is 3.11. The number of fused-ring (bicyclic) bond motifs is 1. The Morgan fingerprint density at radius 3 is 3.30 bits per heavy atom. The van der Waals surface area contributed by atoms with Crippen molar-refractivity contribution in [3.63, 3.8) is 0 Å². The van der Waals surface area contributed by atoms with E-state index in [1.807, 2.05) is 0 Å². The SMILES string of the molecule is CCc1nc(CNC(=O)[C@@]23CCCC[C@H]2CNC3)cs1. The third-order valence-electron chi connectivity index (χ3n) is 4.82. The lowest BCUT2D eigenvalue weighted by Gasteiger charge is -2.37. The van der Waals surface area contributed by atoms with Crippen molar-refractivity contribution in [2.45, 2.75) is 45.6 Å². The van der Waals surface area contributed by atoms with E-state index in [-0.39, 0.29) is 11.3 Å². The van der Waals surface area contributed by atoms with Gasteiger partial charge in [0.05, 0.1) is 22.7 Å². The lowest BCUT2D eigenvalue weighted by molar-refractivity contribution is -0.134. The Bertz CT molecular complexity index is 487. The maximum atomic E-state index is 12.7. The number of aryl methyl sites for hydroxylation is 1. The molecule has 4 nitrogen and oxygen atoms in total. The molecule has 2 atom stereocenters. The van der Waals surface area contributed by atoms with E-state index in [9.17, 15) is 4.79 Å². The third kappa shape index (κ3) is 2.49. The molecule has 2 N–H and O–H groups in total. The van der Waals surface area contributed by atoms with Crippen LogP contribution in [-0.4, -0.2) is 24.0 Å². The predicted octanol–water partition coefficient (Wildman–Crippen LogP) is 2.10. The number of nitrogens with one attached hydrogen (secondary N) is 2. The van der Waals surface area contributed by atoms with E-state index in [4.69, 9.17) is 0 Å². The Hall–Kier alpha value is -0.940. The number of hydrogen-bond acceptors (Lipinski definition) is 4. The van der Waals surface area contributed by atoms with E-state index in [1.54, 1.807) is 11.3 Å². The van der Waals surface area contributed by atoms with Gasteiger partial charge in [-0.05, 0) is 31.7 Å². The zero-order valence-electron chi connectivity index (χ0n) is 12.1. The van der Waals surface area contributed by atoms with Gasteiger partial charge in [0, 0.05) is 11.9 Å². The molecule has 0 spiro atoms. The summed E-state index contributed by atoms with van der Waals surface area (Å²) in [7, 11) is 0. The van der Waals surface area contributed by atoms with Crippen LogP contribution in [0.2, 0.25) is 0 Å². The fraction of sp³-hybridized carbons (Fsp3) is 0.733. The van der Waals surface area contributed by atoms with Gasteiger partial charge in [0.15, 0.2) is 0 Å². The van der Waals surface area contributed by atoms with Crippen molar-refractivity contribution in [3.8, 4) is 0 Å². The van der Waals surface area contributed by atoms with Crippen molar-refractivity contribution < 1.29 is 4.79 Å². The summed E-state index contributed by atoms with van der Waals surface area (Å²) in [5.41, 5.74) is 0.844. The normalized spacial score (nSPS) is 29.1. The minimum absolute atomic E-state index is 0.151. The van der Waals surface area contributed by atoms with E-state index in [0.29, 0.717) is 12.5 Å². The fourth-order valence-corrected chi connectivity index (χ4v) is 4.37. The van der Waals surface area contributed by atoms with E-state index >= 15 is 0 Å². The van der Waals surface area contributed by atoms with Crippen LogP contribution in [0, 0.1) is 11.3 Å². The molecule has 2 fully saturated rings. The number of aromatic nitrogens is 1. The van der Waals surface area contributed by atoms with Gasteiger partial charge in [0.1, 0.15) is 0 Å². The van der Waals surface area contributed by atoms with Gasteiger partial charge in [-0.3, -0.25) is 4.79 Å². The van der Waals surface area contributed by atoms with E-state index in [1.165, 1.54) is 19.3 Å². The van der Waals surface area contributed by atoms with Crippen LogP contribution in [0.3, 0.4) is 0 Å². The highest BCUT2D eigenvalue weighted by molar-refractivity contribution is 7.09. The Labute approximate surface area is 124 Å². The monoisotopic (exact) mass is 293 g/mol. The summed E-state index contributed by atoms with van der Waals surface area (Å²) >= 11 is 1.68. The van der Waals surface area contributed by atoms with Gasteiger partial charge in [-0.15, -0.1) is 11.3 Å². The Kier molecular flexibility index (Phi) is 4.08. The molecule has 0 unspecified atom stereocenters. The first-order chi connectivity index (χ1) is 9.74. The van der Waals surface area contributed by atoms with Crippen molar-refractivity contribution in [3.05, 3.63) is 16.1 Å². The van der Waals surface area contributed by atoms with Crippen LogP contribution in [0.15, 0.2) is 5.38 Å². The van der Waals surface area contributed by atoms with Crippen molar-refractivity contribution in [2.75, 3.05) is 13.1 Å². The molecule has 2 heterocycles. The van der Waals surface area contributed by atoms with Crippen LogP contribution in [0.4, 0.5) is 0 Å². The molecule has 0 radical (unpaired) electrons. The molecule has 110 valence electrons. The number of carbonyl (C=O) groups is 1. The second-order valence-electron chi connectivity index (χ2n) is 6.00. The predicted molar refractivity (Wildman–Crippen MR) is 80.6 cm³/mol. The molecule has 1 saturated heterocycles. The maximum Gasteiger partial charge on any atom is 0.228 e. The van der Waals surface area contributed by atoms with E-state index in [0.717, 1.165) is 36.6 Å². The van der Waals surface area contributed by atoms with Gasteiger partial charge in [-0.2, -0.15) is 0 Å². The highest BCUT2D eigenvalue weighted by atomic mass is 32.1. The number of carbonyl (C=O) groups excluding carboxylic acids is 1. The summed E-state index contributed by atoms with van der Waals surface area (Å²) in [6.07, 6.45) is 5.65. The molecule has 0 bridgehead atoms. The van der Waals surface area contributed by atoms with Crippen molar-refractivity contribution in [2.24, 2.45) is 11.3 Å². The smallest absolute Gasteiger partial charge is 0.228 e. The van der Waals surface area contributed by atoms with Crippen LogP contribution in [0.25, 0.3) is 0 Å². The van der Waals surface area contributed by atoms with Gasteiger partial charge in [0.2, 0.25) is 5.91 Å². The second-order valence-corrected chi connectivity index (χ2v) is 6.94. The lowest BCUT2D eigenvalue weighted by Crippen LogP contribution is -2.47. The standard InChI is InChI=1S/C15H23N3OS/c1-2-13-18-12(9-20-13)8-17-14(19)15-6-4-3-5-11(15)7-16-10-15/h9,11,16H,2-8,10H2,1H3,(H,17,19)/t11-,15+/m0/s1. The molecule has 1 aromatic rings. The molecule has 2 aliphatic rings. The highest BCUT2D eigenvalue weighted by Gasteiger charge is 2.49. The van der Waals surface area contributed by atoms with E-state index < -0.39 is 0 Å². The molecule has 1 aliphatic carbocycles. The van der Waals surface area contributed by atoms with Crippen LogP contribution < -0.4 is 10.6 Å². The van der Waals surface area contributed by atoms with Gasteiger partial charge in [0.25, 0.3) is 0 Å². The summed E-state index contributed by atoms with van der Waals surface area (Å²) in [5.74, 6) is 0.760. The Morgan fingerprint density at radius 2 is 2.50 bits per heavy atom. The Morgan fingerprint density at radius 1 is 1.60 bits per heavy atom. The molecular weight excluding hydrogens is 270 g/mol. The van der Waals surface area contributed by atoms with Crippen LogP contribution in [-0.2, 0) is 17.8 Å². The molecular formula is C15H23N3OS. The zero-order chi connectivity index (χ0) is 14.0. The minimum Gasteiger partial charge on any atom is -0.350 e. The summed E-state index contributed by atoms with van der Waals surface area (Å²) in [6, 6.07) is 0. The average molecular weight is 293 g/mol. The number of hydrogen-bond donors (Lipinski definition) is 2. The fourth-order valence-electron chi connectivity index (χ4n) is 3.63. The van der Waals surface area contributed by atoms with Gasteiger partial charge >= 0.3 is 0 Å². The van der Waals surface area contributed by atoms with Crippen molar-refractivity contribution in [1.29, 1.82) is 0 Å². The first-order valence-corrected chi connectivity index (χ1v) is 8.55. The van der Waals surface area contributed by atoms with Gasteiger partial charge in [-0.1, -0.05) is 19.8 Å². The number of amides is 1. The van der Waals surface area contributed by atoms with E-state index in [2.05, 4.69) is 27.9 Å². The molecule has 1 aliphatic heterocycles. The van der Waals surface area contributed by atoms with Gasteiger partial charge < -0.3 is 10.6 Å². The molecule has 1 aromatic heterocycles. The number of nitrogens with zero attached hydrogens (tertiary/aromatic N) is 1. The second kappa shape index (κ2) is 5.82. The van der Waals surface area contributed by atoms with Crippen molar-refractivity contribution in [1.82, 2.24) is 15.6 Å². The Balaban J connectivity index is 1.63. The lowest BCUT2D eigenvalue weighted by atomic mass is 9.67. The maximum absolute atomic E-state index is 12.7. The summed E-state index contributed by atoms with van der Waals surface area (Å²) in [6.45, 7) is 4.53. The first kappa shape index (κ1) is 14.0. The third-order valence-corrected chi connectivity index (χ3v) is 5.86.